The lowest BCUT2D eigenvalue weighted by Crippen LogP contribution is -2.53. The maximum Gasteiger partial charge on any atom is 0.282 e. The van der Waals surface area contributed by atoms with Crippen LogP contribution in [0.2, 0.25) is 0 Å². The molecule has 1 saturated heterocycles. The van der Waals surface area contributed by atoms with E-state index in [0.29, 0.717) is 25.9 Å². The summed E-state index contributed by atoms with van der Waals surface area (Å²) >= 11 is 0. The van der Waals surface area contributed by atoms with Crippen molar-refractivity contribution in [2.75, 3.05) is 32.7 Å². The summed E-state index contributed by atoms with van der Waals surface area (Å²) in [6.07, 6.45) is 1.40. The molecular formula is C11H24N4O3S. The van der Waals surface area contributed by atoms with Crippen molar-refractivity contribution in [1.82, 2.24) is 13.9 Å². The molecule has 3 N–H and O–H groups in total. The van der Waals surface area contributed by atoms with Gasteiger partial charge < -0.3 is 11.1 Å². The standard InChI is InChI=1S/C11H24N4O3S/c1-3-14(4-2)19(17,18)15(9-11(12)16)10-5-7-13-8-6-10/h10,13H,3-9H2,1-2H3,(H2,12,16). The van der Waals surface area contributed by atoms with E-state index in [9.17, 15) is 13.2 Å². The first-order valence-electron chi connectivity index (χ1n) is 6.69. The summed E-state index contributed by atoms with van der Waals surface area (Å²) in [5.74, 6) is -0.616. The molecule has 0 aromatic rings. The van der Waals surface area contributed by atoms with E-state index in [-0.39, 0.29) is 12.6 Å². The SMILES string of the molecule is CCN(CC)S(=O)(=O)N(CC(N)=O)C1CCNCC1. The second kappa shape index (κ2) is 7.18. The monoisotopic (exact) mass is 292 g/mol. The Morgan fingerprint density at radius 2 is 1.79 bits per heavy atom. The second-order valence-electron chi connectivity index (χ2n) is 4.58. The Bertz CT molecular complexity index is 389. The van der Waals surface area contributed by atoms with Gasteiger partial charge in [0, 0.05) is 19.1 Å². The average molecular weight is 292 g/mol. The molecule has 19 heavy (non-hydrogen) atoms. The second-order valence-corrected chi connectivity index (χ2v) is 6.47. The zero-order chi connectivity index (χ0) is 14.5. The van der Waals surface area contributed by atoms with Crippen molar-refractivity contribution in [3.05, 3.63) is 0 Å². The van der Waals surface area contributed by atoms with Crippen LogP contribution in [0.1, 0.15) is 26.7 Å². The number of nitrogens with zero attached hydrogens (tertiary/aromatic N) is 2. The van der Waals surface area contributed by atoms with Crippen molar-refractivity contribution in [1.29, 1.82) is 0 Å². The summed E-state index contributed by atoms with van der Waals surface area (Å²) < 4.78 is 27.7. The van der Waals surface area contributed by atoms with Crippen LogP contribution in [-0.4, -0.2) is 61.7 Å². The lowest BCUT2D eigenvalue weighted by Gasteiger charge is -2.35. The van der Waals surface area contributed by atoms with E-state index in [1.807, 2.05) is 0 Å². The molecule has 1 aliphatic rings. The van der Waals surface area contributed by atoms with Crippen molar-refractivity contribution in [3.8, 4) is 0 Å². The maximum atomic E-state index is 12.6. The minimum atomic E-state index is -3.62. The molecule has 1 rings (SSSR count). The lowest BCUT2D eigenvalue weighted by molar-refractivity contribution is -0.118. The maximum absolute atomic E-state index is 12.6. The highest BCUT2D eigenvalue weighted by Crippen LogP contribution is 2.18. The van der Waals surface area contributed by atoms with E-state index in [1.54, 1.807) is 13.8 Å². The van der Waals surface area contributed by atoms with Gasteiger partial charge in [-0.15, -0.1) is 0 Å². The highest BCUT2D eigenvalue weighted by Gasteiger charge is 2.35. The van der Waals surface area contributed by atoms with Gasteiger partial charge in [-0.1, -0.05) is 13.8 Å². The third kappa shape index (κ3) is 4.13. The molecule has 0 spiro atoms. The summed E-state index contributed by atoms with van der Waals surface area (Å²) in [6, 6.07) is -0.153. The van der Waals surface area contributed by atoms with Crippen molar-refractivity contribution in [2.45, 2.75) is 32.7 Å². The van der Waals surface area contributed by atoms with Crippen LogP contribution in [0.25, 0.3) is 0 Å². The molecule has 1 aliphatic heterocycles. The van der Waals surface area contributed by atoms with Crippen LogP contribution in [0.4, 0.5) is 0 Å². The first-order chi connectivity index (χ1) is 8.93. The Labute approximate surface area is 115 Å². The molecule has 1 fully saturated rings. The van der Waals surface area contributed by atoms with Crippen LogP contribution in [-0.2, 0) is 15.0 Å². The molecule has 1 heterocycles. The number of hydrogen-bond acceptors (Lipinski definition) is 4. The third-order valence-electron chi connectivity index (χ3n) is 3.36. The van der Waals surface area contributed by atoms with Crippen LogP contribution in [0.3, 0.4) is 0 Å². The van der Waals surface area contributed by atoms with Crippen molar-refractivity contribution >= 4 is 16.1 Å². The number of amides is 1. The number of primary amides is 1. The number of hydrogen-bond donors (Lipinski definition) is 2. The van der Waals surface area contributed by atoms with E-state index < -0.39 is 16.1 Å². The Morgan fingerprint density at radius 3 is 2.21 bits per heavy atom. The lowest BCUT2D eigenvalue weighted by atomic mass is 10.1. The number of piperidine rings is 1. The first kappa shape index (κ1) is 16.4. The van der Waals surface area contributed by atoms with E-state index in [4.69, 9.17) is 5.73 Å². The summed E-state index contributed by atoms with van der Waals surface area (Å²) in [5, 5.41) is 3.18. The predicted molar refractivity (Wildman–Crippen MR) is 73.6 cm³/mol. The van der Waals surface area contributed by atoms with Crippen LogP contribution in [0.15, 0.2) is 0 Å². The minimum Gasteiger partial charge on any atom is -0.369 e. The highest BCUT2D eigenvalue weighted by molar-refractivity contribution is 7.86. The number of rotatable bonds is 7. The van der Waals surface area contributed by atoms with Gasteiger partial charge in [0.15, 0.2) is 0 Å². The van der Waals surface area contributed by atoms with Crippen LogP contribution in [0.5, 0.6) is 0 Å². The van der Waals surface area contributed by atoms with Gasteiger partial charge in [-0.25, -0.2) is 0 Å². The summed E-state index contributed by atoms with van der Waals surface area (Å²) in [7, 11) is -3.62. The molecule has 0 aromatic carbocycles. The molecule has 0 aliphatic carbocycles. The van der Waals surface area contributed by atoms with Gasteiger partial charge in [0.25, 0.3) is 10.2 Å². The topological polar surface area (TPSA) is 95.7 Å². The third-order valence-corrected chi connectivity index (χ3v) is 5.54. The molecule has 7 nitrogen and oxygen atoms in total. The minimum absolute atomic E-state index is 0.153. The Morgan fingerprint density at radius 1 is 1.26 bits per heavy atom. The molecule has 0 radical (unpaired) electrons. The molecule has 8 heteroatoms. The van der Waals surface area contributed by atoms with Gasteiger partial charge >= 0.3 is 0 Å². The fourth-order valence-electron chi connectivity index (χ4n) is 2.35. The van der Waals surface area contributed by atoms with Gasteiger partial charge in [-0.3, -0.25) is 4.79 Å². The average Bonchev–Trinajstić information content (AvgIpc) is 2.37. The van der Waals surface area contributed by atoms with E-state index in [0.717, 1.165) is 13.1 Å². The smallest absolute Gasteiger partial charge is 0.282 e. The largest absolute Gasteiger partial charge is 0.369 e. The van der Waals surface area contributed by atoms with Gasteiger partial charge in [-0.05, 0) is 25.9 Å². The van der Waals surface area contributed by atoms with Gasteiger partial charge in [0.05, 0.1) is 6.54 Å². The molecule has 0 unspecified atom stereocenters. The fourth-order valence-corrected chi connectivity index (χ4v) is 4.17. The van der Waals surface area contributed by atoms with Gasteiger partial charge in [0.1, 0.15) is 0 Å². The Hall–Kier alpha value is -0.700. The predicted octanol–water partition coefficient (Wildman–Crippen LogP) is -0.888. The van der Waals surface area contributed by atoms with Gasteiger partial charge in [0.2, 0.25) is 5.91 Å². The first-order valence-corrected chi connectivity index (χ1v) is 8.09. The molecule has 0 atom stereocenters. The molecule has 0 aromatic heterocycles. The van der Waals surface area contributed by atoms with E-state index in [2.05, 4.69) is 5.32 Å². The zero-order valence-corrected chi connectivity index (χ0v) is 12.4. The van der Waals surface area contributed by atoms with Gasteiger partial charge in [-0.2, -0.15) is 17.0 Å². The highest BCUT2D eigenvalue weighted by atomic mass is 32.2. The zero-order valence-electron chi connectivity index (χ0n) is 11.6. The molecular weight excluding hydrogens is 268 g/mol. The van der Waals surface area contributed by atoms with E-state index in [1.165, 1.54) is 8.61 Å². The van der Waals surface area contributed by atoms with Crippen LogP contribution >= 0.6 is 0 Å². The summed E-state index contributed by atoms with van der Waals surface area (Å²) in [5.41, 5.74) is 5.20. The van der Waals surface area contributed by atoms with Crippen molar-refractivity contribution in [2.24, 2.45) is 5.73 Å². The number of nitrogens with two attached hydrogens (primary N) is 1. The quantitative estimate of drug-likeness (QED) is 0.636. The Balaban J connectivity index is 2.97. The van der Waals surface area contributed by atoms with Crippen molar-refractivity contribution in [3.63, 3.8) is 0 Å². The number of nitrogens with one attached hydrogen (secondary N) is 1. The molecule has 0 saturated carbocycles. The summed E-state index contributed by atoms with van der Waals surface area (Å²) in [4.78, 5) is 11.2. The molecule has 112 valence electrons. The Kier molecular flexibility index (Phi) is 6.18. The fraction of sp³-hybridized carbons (Fsp3) is 0.909. The normalized spacial score (nSPS) is 18.1. The summed E-state index contributed by atoms with van der Waals surface area (Å²) in [6.45, 7) is 5.61. The van der Waals surface area contributed by atoms with Crippen LogP contribution < -0.4 is 11.1 Å². The number of carbonyl (C=O) groups excluding carboxylic acids is 1. The molecule has 0 bridgehead atoms. The van der Waals surface area contributed by atoms with Crippen molar-refractivity contribution < 1.29 is 13.2 Å². The molecule has 1 amide bonds. The number of carbonyl (C=O) groups is 1. The van der Waals surface area contributed by atoms with Crippen LogP contribution in [0, 0.1) is 0 Å². The van der Waals surface area contributed by atoms with E-state index >= 15 is 0 Å².